The number of hydrogen-bond acceptors (Lipinski definition) is 3. The number of ether oxygens (including phenoxy) is 1. The van der Waals surface area contributed by atoms with Crippen LogP contribution >= 0.6 is 0 Å². The van der Waals surface area contributed by atoms with Crippen LogP contribution in [0, 0.1) is 5.41 Å². The fourth-order valence-corrected chi connectivity index (χ4v) is 2.35. The third-order valence-corrected chi connectivity index (χ3v) is 3.64. The quantitative estimate of drug-likeness (QED) is 0.913. The van der Waals surface area contributed by atoms with E-state index >= 15 is 0 Å². The molecule has 112 valence electrons. The van der Waals surface area contributed by atoms with Gasteiger partial charge in [0.05, 0.1) is 6.61 Å². The van der Waals surface area contributed by atoms with E-state index in [2.05, 4.69) is 55.3 Å². The maximum atomic E-state index is 5.90. The first kappa shape index (κ1) is 15.2. The van der Waals surface area contributed by atoms with Gasteiger partial charge in [0, 0.05) is 31.4 Å². The lowest BCUT2D eigenvalue weighted by molar-refractivity contribution is 0.243. The minimum atomic E-state index is 0.327. The molecule has 0 unspecified atom stereocenters. The predicted molar refractivity (Wildman–Crippen MR) is 85.7 cm³/mol. The number of nitrogens with zero attached hydrogens (tertiary/aromatic N) is 1. The van der Waals surface area contributed by atoms with Crippen molar-refractivity contribution in [2.24, 2.45) is 5.41 Å². The maximum absolute atomic E-state index is 5.90. The molecule has 1 aromatic rings. The summed E-state index contributed by atoms with van der Waals surface area (Å²) < 4.78 is 5.90. The molecule has 3 nitrogen and oxygen atoms in total. The fourth-order valence-electron chi connectivity index (χ4n) is 2.35. The van der Waals surface area contributed by atoms with Crippen LogP contribution in [0.1, 0.15) is 33.6 Å². The summed E-state index contributed by atoms with van der Waals surface area (Å²) >= 11 is 0. The second-order valence-electron chi connectivity index (χ2n) is 6.75. The molecule has 1 fully saturated rings. The SMILES string of the molecule is CC(C)(C)CCOc1cccc(N2CCCNCC2)c1. The first-order valence-corrected chi connectivity index (χ1v) is 7.73. The van der Waals surface area contributed by atoms with E-state index in [1.54, 1.807) is 0 Å². The second kappa shape index (κ2) is 6.98. The molecule has 0 amide bonds. The normalized spacial score (nSPS) is 16.9. The molecule has 1 saturated heterocycles. The first-order valence-electron chi connectivity index (χ1n) is 7.73. The highest BCUT2D eigenvalue weighted by atomic mass is 16.5. The van der Waals surface area contributed by atoms with Crippen LogP contribution in [-0.4, -0.2) is 32.8 Å². The molecule has 1 N–H and O–H groups in total. The molecule has 0 aliphatic carbocycles. The third-order valence-electron chi connectivity index (χ3n) is 3.64. The molecule has 1 aliphatic rings. The summed E-state index contributed by atoms with van der Waals surface area (Å²) in [4.78, 5) is 2.44. The predicted octanol–water partition coefficient (Wildman–Crippen LogP) is 3.30. The zero-order chi connectivity index (χ0) is 14.4. The average Bonchev–Trinajstić information content (AvgIpc) is 2.66. The Kier molecular flexibility index (Phi) is 5.30. The molecule has 2 rings (SSSR count). The number of benzene rings is 1. The largest absolute Gasteiger partial charge is 0.493 e. The molecule has 1 aliphatic heterocycles. The molecule has 0 bridgehead atoms. The first-order chi connectivity index (χ1) is 9.54. The van der Waals surface area contributed by atoms with Gasteiger partial charge in [-0.25, -0.2) is 0 Å². The third kappa shape index (κ3) is 5.04. The van der Waals surface area contributed by atoms with Gasteiger partial charge in [-0.05, 0) is 36.9 Å². The Morgan fingerprint density at radius 1 is 1.20 bits per heavy atom. The average molecular weight is 276 g/mol. The van der Waals surface area contributed by atoms with Crippen molar-refractivity contribution in [3.05, 3.63) is 24.3 Å². The van der Waals surface area contributed by atoms with Crippen LogP contribution in [0.4, 0.5) is 5.69 Å². The molecule has 0 saturated carbocycles. The van der Waals surface area contributed by atoms with Crippen LogP contribution in [0.3, 0.4) is 0 Å². The van der Waals surface area contributed by atoms with Crippen LogP contribution in [-0.2, 0) is 0 Å². The van der Waals surface area contributed by atoms with Crippen molar-refractivity contribution in [3.8, 4) is 5.75 Å². The summed E-state index contributed by atoms with van der Waals surface area (Å²) in [6, 6.07) is 8.51. The van der Waals surface area contributed by atoms with E-state index in [0.29, 0.717) is 5.41 Å². The van der Waals surface area contributed by atoms with E-state index in [1.165, 1.54) is 12.1 Å². The zero-order valence-corrected chi connectivity index (χ0v) is 13.1. The Bertz CT molecular complexity index is 404. The summed E-state index contributed by atoms with van der Waals surface area (Å²) in [7, 11) is 0. The van der Waals surface area contributed by atoms with Crippen molar-refractivity contribution in [1.82, 2.24) is 5.32 Å². The Morgan fingerprint density at radius 2 is 2.05 bits per heavy atom. The van der Waals surface area contributed by atoms with Gasteiger partial charge in [-0.3, -0.25) is 0 Å². The molecular formula is C17H28N2O. The van der Waals surface area contributed by atoms with Gasteiger partial charge in [-0.1, -0.05) is 26.8 Å². The minimum absolute atomic E-state index is 0.327. The standard InChI is InChI=1S/C17H28N2O/c1-17(2,3)8-13-20-16-7-4-6-15(14-16)19-11-5-9-18-10-12-19/h4,6-7,14,18H,5,8-13H2,1-3H3. The summed E-state index contributed by atoms with van der Waals surface area (Å²) in [6.45, 7) is 11.9. The number of nitrogens with one attached hydrogen (secondary N) is 1. The molecule has 20 heavy (non-hydrogen) atoms. The Balaban J connectivity index is 1.93. The van der Waals surface area contributed by atoms with E-state index in [-0.39, 0.29) is 0 Å². The summed E-state index contributed by atoms with van der Waals surface area (Å²) in [6.07, 6.45) is 2.28. The molecule has 0 spiro atoms. The van der Waals surface area contributed by atoms with Crippen molar-refractivity contribution < 1.29 is 4.74 Å². The fraction of sp³-hybridized carbons (Fsp3) is 0.647. The monoisotopic (exact) mass is 276 g/mol. The molecule has 0 radical (unpaired) electrons. The van der Waals surface area contributed by atoms with Crippen molar-refractivity contribution in [1.29, 1.82) is 0 Å². The second-order valence-corrected chi connectivity index (χ2v) is 6.75. The molecule has 0 aromatic heterocycles. The van der Waals surface area contributed by atoms with Crippen molar-refractivity contribution in [3.63, 3.8) is 0 Å². The van der Waals surface area contributed by atoms with Crippen LogP contribution in [0.15, 0.2) is 24.3 Å². The van der Waals surface area contributed by atoms with Crippen LogP contribution in [0.5, 0.6) is 5.75 Å². The van der Waals surface area contributed by atoms with E-state index in [9.17, 15) is 0 Å². The number of rotatable bonds is 4. The Morgan fingerprint density at radius 3 is 2.85 bits per heavy atom. The van der Waals surface area contributed by atoms with Gasteiger partial charge in [0.15, 0.2) is 0 Å². The van der Waals surface area contributed by atoms with Gasteiger partial charge in [-0.2, -0.15) is 0 Å². The van der Waals surface area contributed by atoms with E-state index < -0.39 is 0 Å². The highest BCUT2D eigenvalue weighted by Gasteiger charge is 2.12. The van der Waals surface area contributed by atoms with Gasteiger partial charge < -0.3 is 15.0 Å². The summed E-state index contributed by atoms with van der Waals surface area (Å²) in [5.74, 6) is 0.990. The highest BCUT2D eigenvalue weighted by Crippen LogP contribution is 2.23. The Hall–Kier alpha value is -1.22. The Labute approximate surface area is 123 Å². The van der Waals surface area contributed by atoms with Crippen LogP contribution < -0.4 is 15.0 Å². The van der Waals surface area contributed by atoms with E-state index in [0.717, 1.165) is 45.0 Å². The number of anilines is 1. The summed E-state index contributed by atoms with van der Waals surface area (Å²) in [5.41, 5.74) is 1.61. The molecular weight excluding hydrogens is 248 g/mol. The lowest BCUT2D eigenvalue weighted by Crippen LogP contribution is -2.27. The van der Waals surface area contributed by atoms with Crippen LogP contribution in [0.2, 0.25) is 0 Å². The van der Waals surface area contributed by atoms with Crippen molar-refractivity contribution >= 4 is 5.69 Å². The van der Waals surface area contributed by atoms with Gasteiger partial charge in [0.2, 0.25) is 0 Å². The molecule has 3 heteroatoms. The van der Waals surface area contributed by atoms with E-state index in [4.69, 9.17) is 4.74 Å². The van der Waals surface area contributed by atoms with Gasteiger partial charge in [-0.15, -0.1) is 0 Å². The van der Waals surface area contributed by atoms with Crippen molar-refractivity contribution in [2.75, 3.05) is 37.7 Å². The summed E-state index contributed by atoms with van der Waals surface area (Å²) in [5, 5.41) is 3.44. The highest BCUT2D eigenvalue weighted by molar-refractivity contribution is 5.50. The van der Waals surface area contributed by atoms with E-state index in [1.807, 2.05) is 0 Å². The van der Waals surface area contributed by atoms with Crippen LogP contribution in [0.25, 0.3) is 0 Å². The lowest BCUT2D eigenvalue weighted by atomic mass is 9.93. The zero-order valence-electron chi connectivity index (χ0n) is 13.1. The smallest absolute Gasteiger partial charge is 0.121 e. The number of hydrogen-bond donors (Lipinski definition) is 1. The van der Waals surface area contributed by atoms with Gasteiger partial charge in [0.25, 0.3) is 0 Å². The molecule has 1 aromatic carbocycles. The lowest BCUT2D eigenvalue weighted by Gasteiger charge is -2.23. The topological polar surface area (TPSA) is 24.5 Å². The minimum Gasteiger partial charge on any atom is -0.493 e. The maximum Gasteiger partial charge on any atom is 0.121 e. The molecule has 0 atom stereocenters. The van der Waals surface area contributed by atoms with Gasteiger partial charge in [0.1, 0.15) is 5.75 Å². The molecule has 1 heterocycles. The van der Waals surface area contributed by atoms with Crippen molar-refractivity contribution in [2.45, 2.75) is 33.6 Å². The van der Waals surface area contributed by atoms with Gasteiger partial charge >= 0.3 is 0 Å².